The van der Waals surface area contributed by atoms with Crippen molar-refractivity contribution in [2.24, 2.45) is 5.41 Å². The highest BCUT2D eigenvalue weighted by Crippen LogP contribution is 2.19. The van der Waals surface area contributed by atoms with Gasteiger partial charge < -0.3 is 5.11 Å². The number of rotatable bonds is 5. The van der Waals surface area contributed by atoms with Gasteiger partial charge in [0.05, 0.1) is 5.69 Å². The average molecular weight is 222 g/mol. The Hall–Kier alpha value is -1.55. The van der Waals surface area contributed by atoms with Crippen LogP contribution in [0.3, 0.4) is 0 Å². The molecule has 0 spiro atoms. The number of hydrazine groups is 1. The molecule has 16 heavy (non-hydrogen) atoms. The maximum absolute atomic E-state index is 11.7. The molecule has 0 radical (unpaired) electrons. The van der Waals surface area contributed by atoms with Crippen LogP contribution in [0.4, 0.5) is 5.69 Å². The minimum atomic E-state index is -0.573. The number of aliphatic hydroxyl groups is 1. The summed E-state index contributed by atoms with van der Waals surface area (Å²) in [6.07, 6.45) is 0.440. The van der Waals surface area contributed by atoms with Gasteiger partial charge in [-0.2, -0.15) is 0 Å². The molecule has 1 aromatic carbocycles. The zero-order valence-electron chi connectivity index (χ0n) is 9.66. The van der Waals surface area contributed by atoms with E-state index in [1.165, 1.54) is 0 Å². The quantitative estimate of drug-likeness (QED) is 0.662. The van der Waals surface area contributed by atoms with Crippen molar-refractivity contribution in [1.82, 2.24) is 5.43 Å². The molecule has 0 saturated carbocycles. The number of hydrogen-bond acceptors (Lipinski definition) is 3. The second-order valence-corrected chi connectivity index (χ2v) is 4.30. The molecule has 3 N–H and O–H groups in total. The minimum Gasteiger partial charge on any atom is -0.396 e. The van der Waals surface area contributed by atoms with Crippen LogP contribution in [0.2, 0.25) is 0 Å². The van der Waals surface area contributed by atoms with Crippen LogP contribution in [0, 0.1) is 5.41 Å². The molecule has 0 aliphatic carbocycles. The van der Waals surface area contributed by atoms with Crippen LogP contribution in [-0.4, -0.2) is 17.6 Å². The molecule has 88 valence electrons. The third-order valence-electron chi connectivity index (χ3n) is 2.45. The van der Waals surface area contributed by atoms with E-state index in [1.54, 1.807) is 13.8 Å². The molecule has 0 aliphatic heterocycles. The van der Waals surface area contributed by atoms with Crippen LogP contribution < -0.4 is 10.9 Å². The summed E-state index contributed by atoms with van der Waals surface area (Å²) < 4.78 is 0. The molecule has 0 bridgehead atoms. The van der Waals surface area contributed by atoms with Crippen molar-refractivity contribution >= 4 is 11.6 Å². The van der Waals surface area contributed by atoms with Crippen LogP contribution in [0.15, 0.2) is 30.3 Å². The number of hydrogen-bond donors (Lipinski definition) is 3. The van der Waals surface area contributed by atoms with Gasteiger partial charge in [-0.25, -0.2) is 0 Å². The number of aliphatic hydroxyl groups excluding tert-OH is 1. The Bertz CT molecular complexity index is 336. The van der Waals surface area contributed by atoms with E-state index in [-0.39, 0.29) is 12.5 Å². The molecule has 0 unspecified atom stereocenters. The molecular formula is C12H18N2O2. The lowest BCUT2D eigenvalue weighted by molar-refractivity contribution is -0.129. The first-order chi connectivity index (χ1) is 7.56. The predicted octanol–water partition coefficient (Wildman–Crippen LogP) is 1.54. The summed E-state index contributed by atoms with van der Waals surface area (Å²) in [7, 11) is 0. The van der Waals surface area contributed by atoms with E-state index in [4.69, 9.17) is 5.11 Å². The first-order valence-electron chi connectivity index (χ1n) is 5.28. The standard InChI is InChI=1S/C12H18N2O2/c1-12(2,8-9-15)11(16)14-13-10-6-4-3-5-7-10/h3-7,13,15H,8-9H2,1-2H3,(H,14,16). The zero-order valence-corrected chi connectivity index (χ0v) is 9.66. The number of para-hydroxylation sites is 1. The Balaban J connectivity index is 2.47. The zero-order chi connectivity index (χ0) is 12.0. The van der Waals surface area contributed by atoms with Crippen molar-refractivity contribution in [3.05, 3.63) is 30.3 Å². The van der Waals surface area contributed by atoms with Crippen LogP contribution in [0.25, 0.3) is 0 Å². The summed E-state index contributed by atoms with van der Waals surface area (Å²) >= 11 is 0. The summed E-state index contributed by atoms with van der Waals surface area (Å²) in [5, 5.41) is 8.84. The van der Waals surface area contributed by atoms with Gasteiger partial charge in [0.1, 0.15) is 0 Å². The van der Waals surface area contributed by atoms with Crippen molar-refractivity contribution in [2.45, 2.75) is 20.3 Å². The first kappa shape index (κ1) is 12.5. The Kier molecular flexibility index (Phi) is 4.31. The van der Waals surface area contributed by atoms with Crippen LogP contribution in [-0.2, 0) is 4.79 Å². The second-order valence-electron chi connectivity index (χ2n) is 4.30. The monoisotopic (exact) mass is 222 g/mol. The Morgan fingerprint density at radius 3 is 2.50 bits per heavy atom. The fourth-order valence-electron chi connectivity index (χ4n) is 1.21. The SMILES string of the molecule is CC(C)(CCO)C(=O)NNc1ccccc1. The molecule has 0 atom stereocenters. The molecular weight excluding hydrogens is 204 g/mol. The van der Waals surface area contributed by atoms with Crippen molar-refractivity contribution in [3.63, 3.8) is 0 Å². The van der Waals surface area contributed by atoms with Gasteiger partial charge in [-0.15, -0.1) is 0 Å². The maximum atomic E-state index is 11.7. The van der Waals surface area contributed by atoms with E-state index >= 15 is 0 Å². The third-order valence-corrected chi connectivity index (χ3v) is 2.45. The predicted molar refractivity (Wildman–Crippen MR) is 63.7 cm³/mol. The van der Waals surface area contributed by atoms with Gasteiger partial charge in [0.15, 0.2) is 0 Å². The summed E-state index contributed by atoms with van der Waals surface area (Å²) in [6.45, 7) is 3.60. The highest BCUT2D eigenvalue weighted by Gasteiger charge is 2.26. The molecule has 1 aromatic rings. The molecule has 0 saturated heterocycles. The Morgan fingerprint density at radius 1 is 1.31 bits per heavy atom. The third kappa shape index (κ3) is 3.55. The van der Waals surface area contributed by atoms with Crippen molar-refractivity contribution < 1.29 is 9.90 Å². The highest BCUT2D eigenvalue weighted by molar-refractivity contribution is 5.82. The van der Waals surface area contributed by atoms with Gasteiger partial charge in [0.2, 0.25) is 5.91 Å². The number of anilines is 1. The Morgan fingerprint density at radius 2 is 1.94 bits per heavy atom. The van der Waals surface area contributed by atoms with Crippen LogP contribution in [0.1, 0.15) is 20.3 Å². The van der Waals surface area contributed by atoms with E-state index in [0.717, 1.165) is 5.69 Å². The first-order valence-corrected chi connectivity index (χ1v) is 5.28. The molecule has 0 aliphatic rings. The van der Waals surface area contributed by atoms with Crippen molar-refractivity contribution in [3.8, 4) is 0 Å². The number of benzene rings is 1. The molecule has 1 rings (SSSR count). The smallest absolute Gasteiger partial charge is 0.244 e. The Labute approximate surface area is 95.6 Å². The van der Waals surface area contributed by atoms with E-state index < -0.39 is 5.41 Å². The maximum Gasteiger partial charge on any atom is 0.244 e. The van der Waals surface area contributed by atoms with E-state index in [1.807, 2.05) is 30.3 Å². The average Bonchev–Trinajstić information content (AvgIpc) is 2.27. The second kappa shape index (κ2) is 5.51. The van der Waals surface area contributed by atoms with E-state index in [9.17, 15) is 4.79 Å². The lowest BCUT2D eigenvalue weighted by Gasteiger charge is -2.22. The van der Waals surface area contributed by atoms with Gasteiger partial charge in [-0.3, -0.25) is 15.6 Å². The van der Waals surface area contributed by atoms with E-state index in [0.29, 0.717) is 6.42 Å². The topological polar surface area (TPSA) is 61.4 Å². The summed E-state index contributed by atoms with van der Waals surface area (Å²) in [5.74, 6) is -0.134. The number of amides is 1. The normalized spacial score (nSPS) is 10.9. The van der Waals surface area contributed by atoms with Crippen LogP contribution >= 0.6 is 0 Å². The molecule has 4 nitrogen and oxygen atoms in total. The lowest BCUT2D eigenvalue weighted by atomic mass is 9.89. The summed E-state index contributed by atoms with van der Waals surface area (Å²) in [5.41, 5.74) is 5.71. The lowest BCUT2D eigenvalue weighted by Crippen LogP contribution is -2.40. The molecule has 0 aromatic heterocycles. The number of nitrogens with one attached hydrogen (secondary N) is 2. The van der Waals surface area contributed by atoms with Crippen molar-refractivity contribution in [2.75, 3.05) is 12.0 Å². The fraction of sp³-hybridized carbons (Fsp3) is 0.417. The molecule has 4 heteroatoms. The number of carbonyl (C=O) groups is 1. The number of carbonyl (C=O) groups excluding carboxylic acids is 1. The van der Waals surface area contributed by atoms with Gasteiger partial charge >= 0.3 is 0 Å². The van der Waals surface area contributed by atoms with Gasteiger partial charge in [-0.1, -0.05) is 32.0 Å². The van der Waals surface area contributed by atoms with Gasteiger partial charge in [0.25, 0.3) is 0 Å². The van der Waals surface area contributed by atoms with Crippen LogP contribution in [0.5, 0.6) is 0 Å². The van der Waals surface area contributed by atoms with E-state index in [2.05, 4.69) is 10.9 Å². The molecule has 1 amide bonds. The summed E-state index contributed by atoms with van der Waals surface area (Å²) in [6, 6.07) is 9.39. The molecule has 0 heterocycles. The molecule has 0 fully saturated rings. The summed E-state index contributed by atoms with van der Waals surface area (Å²) in [4.78, 5) is 11.7. The van der Waals surface area contributed by atoms with Crippen molar-refractivity contribution in [1.29, 1.82) is 0 Å². The highest BCUT2D eigenvalue weighted by atomic mass is 16.3. The fourth-order valence-corrected chi connectivity index (χ4v) is 1.21. The minimum absolute atomic E-state index is 0.00571. The van der Waals surface area contributed by atoms with Gasteiger partial charge in [-0.05, 0) is 18.6 Å². The van der Waals surface area contributed by atoms with Gasteiger partial charge in [0, 0.05) is 12.0 Å². The largest absolute Gasteiger partial charge is 0.396 e.